The van der Waals surface area contributed by atoms with Gasteiger partial charge in [-0.15, -0.1) is 11.3 Å². The molecule has 3 aromatic rings. The molecule has 30 heavy (non-hydrogen) atoms. The molecule has 4 nitrogen and oxygen atoms in total. The van der Waals surface area contributed by atoms with E-state index in [2.05, 4.69) is 15.3 Å². The molecular weight excluding hydrogens is 432 g/mol. The van der Waals surface area contributed by atoms with Gasteiger partial charge in [0.2, 0.25) is 0 Å². The molecule has 0 aliphatic carbocycles. The van der Waals surface area contributed by atoms with Crippen LogP contribution < -0.4 is 5.32 Å². The summed E-state index contributed by atoms with van der Waals surface area (Å²) in [6.45, 7) is 1.59. The van der Waals surface area contributed by atoms with Gasteiger partial charge < -0.3 is 5.32 Å². The summed E-state index contributed by atoms with van der Waals surface area (Å²) < 4.78 is 76.9. The third-order valence-electron chi connectivity index (χ3n) is 4.05. The molecule has 0 saturated carbocycles. The highest BCUT2D eigenvalue weighted by Gasteiger charge is 2.33. The number of thiazole rings is 1. The number of nitrogens with one attached hydrogen (secondary N) is 1. The molecular formula is C19H13F6N3OS. The number of alkyl halides is 6. The van der Waals surface area contributed by atoms with Gasteiger partial charge in [-0.1, -0.05) is 6.07 Å². The first kappa shape index (κ1) is 21.8. The Morgan fingerprint density at radius 2 is 1.77 bits per heavy atom. The van der Waals surface area contributed by atoms with Gasteiger partial charge in [-0.25, -0.2) is 4.98 Å². The topological polar surface area (TPSA) is 54.9 Å². The van der Waals surface area contributed by atoms with Crippen molar-refractivity contribution in [2.75, 3.05) is 0 Å². The first-order valence-electron chi connectivity index (χ1n) is 8.42. The maximum Gasteiger partial charge on any atom is 0.433 e. The number of rotatable bonds is 4. The zero-order valence-corrected chi connectivity index (χ0v) is 16.0. The predicted octanol–water partition coefficient (Wildman–Crippen LogP) is 5.73. The number of benzene rings is 1. The number of hydrogen-bond donors (Lipinski definition) is 1. The summed E-state index contributed by atoms with van der Waals surface area (Å²) in [5.74, 6) is -0.716. The number of aromatic nitrogens is 2. The molecule has 1 unspecified atom stereocenters. The molecule has 0 aliphatic rings. The monoisotopic (exact) mass is 445 g/mol. The van der Waals surface area contributed by atoms with E-state index in [1.54, 1.807) is 6.92 Å². The van der Waals surface area contributed by atoms with Crippen molar-refractivity contribution in [3.63, 3.8) is 0 Å². The highest BCUT2D eigenvalue weighted by Crippen LogP contribution is 2.33. The van der Waals surface area contributed by atoms with Gasteiger partial charge in [-0.2, -0.15) is 26.3 Å². The van der Waals surface area contributed by atoms with E-state index < -0.39 is 35.6 Å². The molecule has 0 bridgehead atoms. The van der Waals surface area contributed by atoms with Gasteiger partial charge in [-0.3, -0.25) is 9.78 Å². The maximum absolute atomic E-state index is 12.8. The number of carbonyl (C=O) groups is 1. The Morgan fingerprint density at radius 1 is 1.03 bits per heavy atom. The fourth-order valence-corrected chi connectivity index (χ4v) is 3.44. The van der Waals surface area contributed by atoms with E-state index in [0.717, 1.165) is 41.8 Å². The molecule has 2 heterocycles. The van der Waals surface area contributed by atoms with E-state index >= 15 is 0 Å². The Labute approximate surface area is 170 Å². The summed E-state index contributed by atoms with van der Waals surface area (Å²) in [7, 11) is 0. The quantitative estimate of drug-likeness (QED) is 0.522. The molecule has 11 heteroatoms. The molecule has 1 atom stereocenters. The smallest absolute Gasteiger partial charge is 0.345 e. The average molecular weight is 445 g/mol. The normalized spacial score (nSPS) is 13.2. The molecule has 0 radical (unpaired) electrons. The summed E-state index contributed by atoms with van der Waals surface area (Å²) >= 11 is 1.06. The van der Waals surface area contributed by atoms with E-state index in [0.29, 0.717) is 4.88 Å². The van der Waals surface area contributed by atoms with Crippen LogP contribution in [-0.4, -0.2) is 15.9 Å². The summed E-state index contributed by atoms with van der Waals surface area (Å²) in [4.78, 5) is 20.2. The zero-order valence-electron chi connectivity index (χ0n) is 15.2. The van der Waals surface area contributed by atoms with Crippen molar-refractivity contribution < 1.29 is 31.1 Å². The summed E-state index contributed by atoms with van der Waals surface area (Å²) in [6.07, 6.45) is -6.75. The van der Waals surface area contributed by atoms with Crippen molar-refractivity contribution in [3.05, 3.63) is 70.5 Å². The highest BCUT2D eigenvalue weighted by atomic mass is 32.1. The first-order valence-corrected chi connectivity index (χ1v) is 9.24. The molecule has 0 aliphatic heterocycles. The molecule has 1 N–H and O–H groups in total. The van der Waals surface area contributed by atoms with E-state index in [-0.39, 0.29) is 16.1 Å². The fraction of sp³-hybridized carbons (Fsp3) is 0.211. The van der Waals surface area contributed by atoms with E-state index in [1.807, 2.05) is 0 Å². The SMILES string of the molecule is CC(NC(=O)c1cccc(C(F)(F)F)c1)c1cnc(-c2ccnc(C(F)(F)F)c2)s1. The third kappa shape index (κ3) is 4.96. The van der Waals surface area contributed by atoms with Crippen LogP contribution in [0.2, 0.25) is 0 Å². The van der Waals surface area contributed by atoms with Crippen LogP contribution in [0.4, 0.5) is 26.3 Å². The van der Waals surface area contributed by atoms with Crippen molar-refractivity contribution in [3.8, 4) is 10.6 Å². The molecule has 158 valence electrons. The van der Waals surface area contributed by atoms with Gasteiger partial charge in [0.1, 0.15) is 10.7 Å². The lowest BCUT2D eigenvalue weighted by Gasteiger charge is -2.13. The lowest BCUT2D eigenvalue weighted by Crippen LogP contribution is -2.26. The number of hydrogen-bond acceptors (Lipinski definition) is 4. The minimum absolute atomic E-state index is 0.162. The van der Waals surface area contributed by atoms with Crippen molar-refractivity contribution in [1.82, 2.24) is 15.3 Å². The van der Waals surface area contributed by atoms with Gasteiger partial charge in [0, 0.05) is 28.4 Å². The van der Waals surface area contributed by atoms with Crippen LogP contribution in [-0.2, 0) is 12.4 Å². The summed E-state index contributed by atoms with van der Waals surface area (Å²) in [5.41, 5.74) is -1.95. The lowest BCUT2D eigenvalue weighted by molar-refractivity contribution is -0.141. The second-order valence-electron chi connectivity index (χ2n) is 6.27. The number of nitrogens with zero attached hydrogens (tertiary/aromatic N) is 2. The maximum atomic E-state index is 12.8. The molecule has 1 amide bonds. The standard InChI is InChI=1S/C19H13F6N3OS/c1-10(28-16(29)11-3-2-4-13(7-11)18(20,21)22)14-9-27-17(30-14)12-5-6-26-15(8-12)19(23,24)25/h2-10H,1H3,(H,28,29). The number of amides is 1. The summed E-state index contributed by atoms with van der Waals surface area (Å²) in [5, 5.41) is 2.85. The highest BCUT2D eigenvalue weighted by molar-refractivity contribution is 7.15. The van der Waals surface area contributed by atoms with Crippen molar-refractivity contribution in [2.45, 2.75) is 25.3 Å². The van der Waals surface area contributed by atoms with E-state index in [4.69, 9.17) is 0 Å². The van der Waals surface area contributed by atoms with Crippen LogP contribution >= 0.6 is 11.3 Å². The van der Waals surface area contributed by atoms with Gasteiger partial charge >= 0.3 is 12.4 Å². The minimum Gasteiger partial charge on any atom is -0.345 e. The van der Waals surface area contributed by atoms with Gasteiger partial charge in [0.25, 0.3) is 5.91 Å². The molecule has 0 spiro atoms. The summed E-state index contributed by atoms with van der Waals surface area (Å²) in [6, 6.07) is 5.62. The van der Waals surface area contributed by atoms with Crippen LogP contribution in [0, 0.1) is 0 Å². The van der Waals surface area contributed by atoms with Gasteiger partial charge in [0.15, 0.2) is 0 Å². The molecule has 2 aromatic heterocycles. The second kappa shape index (κ2) is 8.05. The van der Waals surface area contributed by atoms with Crippen molar-refractivity contribution in [1.29, 1.82) is 0 Å². The van der Waals surface area contributed by atoms with Crippen LogP contribution in [0.25, 0.3) is 10.6 Å². The Bertz CT molecular complexity index is 1060. The Morgan fingerprint density at radius 3 is 2.43 bits per heavy atom. The van der Waals surface area contributed by atoms with Gasteiger partial charge in [-0.05, 0) is 37.3 Å². The Kier molecular flexibility index (Phi) is 5.84. The first-order chi connectivity index (χ1) is 13.9. The predicted molar refractivity (Wildman–Crippen MR) is 97.7 cm³/mol. The molecule has 0 fully saturated rings. The number of pyridine rings is 1. The fourth-order valence-electron chi connectivity index (χ4n) is 2.53. The van der Waals surface area contributed by atoms with E-state index in [1.165, 1.54) is 18.3 Å². The molecule has 0 saturated heterocycles. The largest absolute Gasteiger partial charge is 0.433 e. The number of halogens is 6. The molecule has 3 rings (SSSR count). The lowest BCUT2D eigenvalue weighted by atomic mass is 10.1. The van der Waals surface area contributed by atoms with Crippen LogP contribution in [0.5, 0.6) is 0 Å². The van der Waals surface area contributed by atoms with Gasteiger partial charge in [0.05, 0.1) is 11.6 Å². The number of carbonyl (C=O) groups excluding carboxylic acids is 1. The third-order valence-corrected chi connectivity index (χ3v) is 5.28. The Hall–Kier alpha value is -2.95. The average Bonchev–Trinajstić information content (AvgIpc) is 3.17. The Balaban J connectivity index is 1.76. The van der Waals surface area contributed by atoms with Crippen molar-refractivity contribution in [2.24, 2.45) is 0 Å². The second-order valence-corrected chi connectivity index (χ2v) is 7.33. The molecule has 1 aromatic carbocycles. The zero-order chi connectivity index (χ0) is 22.1. The van der Waals surface area contributed by atoms with Crippen LogP contribution in [0.15, 0.2) is 48.8 Å². The minimum atomic E-state index is -4.59. The van der Waals surface area contributed by atoms with Crippen LogP contribution in [0.1, 0.15) is 39.5 Å². The van der Waals surface area contributed by atoms with Crippen LogP contribution in [0.3, 0.4) is 0 Å². The van der Waals surface area contributed by atoms with E-state index in [9.17, 15) is 31.1 Å². The van der Waals surface area contributed by atoms with Crippen molar-refractivity contribution >= 4 is 17.2 Å².